The van der Waals surface area contributed by atoms with Gasteiger partial charge in [0.25, 0.3) is 5.91 Å². The van der Waals surface area contributed by atoms with Crippen molar-refractivity contribution in [3.05, 3.63) is 47.2 Å². The Morgan fingerprint density at radius 1 is 1.34 bits per heavy atom. The van der Waals surface area contributed by atoms with Crippen molar-refractivity contribution in [2.75, 3.05) is 24.6 Å². The highest BCUT2D eigenvalue weighted by molar-refractivity contribution is 6.01. The molecule has 3 aromatic rings. The van der Waals surface area contributed by atoms with Crippen LogP contribution in [0.4, 0.5) is 10.2 Å². The summed E-state index contributed by atoms with van der Waals surface area (Å²) in [7, 11) is 0. The van der Waals surface area contributed by atoms with Crippen LogP contribution in [0.1, 0.15) is 46.9 Å². The number of aromatic nitrogens is 4. The van der Waals surface area contributed by atoms with Crippen molar-refractivity contribution in [3.63, 3.8) is 0 Å². The second kappa shape index (κ2) is 6.98. The molecule has 1 atom stereocenters. The molecule has 8 nitrogen and oxygen atoms in total. The zero-order valence-corrected chi connectivity index (χ0v) is 16.1. The zero-order valence-electron chi connectivity index (χ0n) is 16.1. The molecule has 0 aromatic carbocycles. The van der Waals surface area contributed by atoms with Crippen LogP contribution in [0, 0.1) is 12.7 Å². The lowest BCUT2D eigenvalue weighted by Crippen LogP contribution is -2.28. The number of hydrogen-bond acceptors (Lipinski definition) is 6. The fourth-order valence-electron chi connectivity index (χ4n) is 4.15. The molecule has 9 heteroatoms. The normalized spacial score (nSPS) is 19.4. The molecule has 1 unspecified atom stereocenters. The van der Waals surface area contributed by atoms with Gasteiger partial charge >= 0.3 is 0 Å². The molecule has 1 amide bonds. The molecular formula is C20H21FN6O2. The van der Waals surface area contributed by atoms with E-state index in [9.17, 15) is 9.18 Å². The predicted molar refractivity (Wildman–Crippen MR) is 104 cm³/mol. The number of fused-ring (bicyclic) bond motifs is 5. The minimum absolute atomic E-state index is 0.0904. The maximum atomic E-state index is 14.0. The van der Waals surface area contributed by atoms with Crippen LogP contribution in [0.25, 0.3) is 5.65 Å². The topological polar surface area (TPSA) is 84.7 Å². The van der Waals surface area contributed by atoms with Crippen molar-refractivity contribution >= 4 is 17.4 Å². The second-order valence-electron chi connectivity index (χ2n) is 7.37. The Morgan fingerprint density at radius 2 is 2.24 bits per heavy atom. The molecule has 0 saturated carbocycles. The molecule has 2 aliphatic rings. The van der Waals surface area contributed by atoms with Gasteiger partial charge in [-0.25, -0.2) is 18.9 Å². The quantitative estimate of drug-likeness (QED) is 0.628. The molecule has 5 heterocycles. The van der Waals surface area contributed by atoms with E-state index in [2.05, 4.69) is 20.3 Å². The smallest absolute Gasteiger partial charge is 0.257 e. The monoisotopic (exact) mass is 396 g/mol. The summed E-state index contributed by atoms with van der Waals surface area (Å²) >= 11 is 0. The van der Waals surface area contributed by atoms with Crippen molar-refractivity contribution in [1.29, 1.82) is 0 Å². The summed E-state index contributed by atoms with van der Waals surface area (Å²) in [6, 6.07) is 3.29. The van der Waals surface area contributed by atoms with E-state index >= 15 is 0 Å². The number of ether oxygens (including phenoxy) is 1. The lowest BCUT2D eigenvalue weighted by molar-refractivity contribution is 0.0952. The largest absolute Gasteiger partial charge is 0.477 e. The molecule has 5 rings (SSSR count). The molecule has 1 N–H and O–H groups in total. The summed E-state index contributed by atoms with van der Waals surface area (Å²) in [4.78, 5) is 23.8. The molecular weight excluding hydrogens is 375 g/mol. The van der Waals surface area contributed by atoms with Crippen molar-refractivity contribution in [2.24, 2.45) is 0 Å². The molecule has 1 saturated heterocycles. The van der Waals surface area contributed by atoms with Gasteiger partial charge < -0.3 is 15.0 Å². The molecule has 1 fully saturated rings. The van der Waals surface area contributed by atoms with Gasteiger partial charge in [-0.05, 0) is 38.3 Å². The minimum atomic E-state index is -0.385. The molecule has 2 aliphatic heterocycles. The summed E-state index contributed by atoms with van der Waals surface area (Å²) in [6.07, 6.45) is 5.38. The SMILES string of the molecule is Cc1nn2ccc3nc2c1C(=O)NCCCOc1ncc(F)cc1C1CCCN31. The number of nitrogens with one attached hydrogen (secondary N) is 1. The van der Waals surface area contributed by atoms with E-state index in [1.165, 1.54) is 12.3 Å². The molecule has 0 radical (unpaired) electrons. The minimum Gasteiger partial charge on any atom is -0.477 e. The van der Waals surface area contributed by atoms with E-state index in [-0.39, 0.29) is 17.8 Å². The van der Waals surface area contributed by atoms with Crippen molar-refractivity contribution in [1.82, 2.24) is 24.9 Å². The van der Waals surface area contributed by atoms with Crippen molar-refractivity contribution in [3.8, 4) is 5.88 Å². The summed E-state index contributed by atoms with van der Waals surface area (Å²) in [5.74, 6) is 0.581. The number of amides is 1. The molecule has 29 heavy (non-hydrogen) atoms. The first kappa shape index (κ1) is 17.8. The number of nitrogens with zero attached hydrogens (tertiary/aromatic N) is 5. The van der Waals surface area contributed by atoms with E-state index in [0.717, 1.165) is 30.8 Å². The lowest BCUT2D eigenvalue weighted by Gasteiger charge is -2.27. The summed E-state index contributed by atoms with van der Waals surface area (Å²) in [6.45, 7) is 3.41. The second-order valence-corrected chi connectivity index (χ2v) is 7.37. The fourth-order valence-corrected chi connectivity index (χ4v) is 4.15. The van der Waals surface area contributed by atoms with Crippen LogP contribution in [0.15, 0.2) is 24.5 Å². The van der Waals surface area contributed by atoms with Crippen molar-refractivity contribution in [2.45, 2.75) is 32.2 Å². The van der Waals surface area contributed by atoms with Crippen LogP contribution in [0.5, 0.6) is 5.88 Å². The maximum Gasteiger partial charge on any atom is 0.257 e. The summed E-state index contributed by atoms with van der Waals surface area (Å²) in [5, 5.41) is 7.33. The van der Waals surface area contributed by atoms with Crippen LogP contribution in [-0.4, -0.2) is 45.2 Å². The van der Waals surface area contributed by atoms with Gasteiger partial charge in [-0.2, -0.15) is 5.10 Å². The first-order chi connectivity index (χ1) is 14.1. The van der Waals surface area contributed by atoms with Gasteiger partial charge in [0, 0.05) is 24.8 Å². The lowest BCUT2D eigenvalue weighted by atomic mass is 10.1. The Kier molecular flexibility index (Phi) is 4.30. The van der Waals surface area contributed by atoms with Gasteiger partial charge in [0.2, 0.25) is 5.88 Å². The average molecular weight is 396 g/mol. The van der Waals surface area contributed by atoms with Crippen LogP contribution < -0.4 is 15.0 Å². The number of rotatable bonds is 0. The first-order valence-corrected chi connectivity index (χ1v) is 9.81. The van der Waals surface area contributed by atoms with Gasteiger partial charge in [0.1, 0.15) is 17.2 Å². The fraction of sp³-hybridized carbons (Fsp3) is 0.400. The van der Waals surface area contributed by atoms with Crippen LogP contribution >= 0.6 is 0 Å². The Hall–Kier alpha value is -3.23. The van der Waals surface area contributed by atoms with Crippen LogP contribution in [0.2, 0.25) is 0 Å². The highest BCUT2D eigenvalue weighted by Gasteiger charge is 2.31. The van der Waals surface area contributed by atoms with Crippen LogP contribution in [-0.2, 0) is 0 Å². The molecule has 150 valence electrons. The van der Waals surface area contributed by atoms with Crippen LogP contribution in [0.3, 0.4) is 0 Å². The Labute approximate surface area is 166 Å². The Bertz CT molecular complexity index is 1100. The number of pyridine rings is 1. The summed E-state index contributed by atoms with van der Waals surface area (Å²) < 4.78 is 21.5. The number of carbonyl (C=O) groups excluding carboxylic acids is 1. The third-order valence-electron chi connectivity index (χ3n) is 5.47. The van der Waals surface area contributed by atoms with Crippen molar-refractivity contribution < 1.29 is 13.9 Å². The Balaban J connectivity index is 1.67. The van der Waals surface area contributed by atoms with E-state index in [1.54, 1.807) is 11.4 Å². The Morgan fingerprint density at radius 3 is 3.14 bits per heavy atom. The van der Waals surface area contributed by atoms with E-state index < -0.39 is 0 Å². The van der Waals surface area contributed by atoms with Gasteiger partial charge in [-0.3, -0.25) is 4.79 Å². The van der Waals surface area contributed by atoms with Gasteiger partial charge in [0.05, 0.1) is 24.5 Å². The average Bonchev–Trinajstić information content (AvgIpc) is 3.31. The molecule has 2 bridgehead atoms. The van der Waals surface area contributed by atoms with Gasteiger partial charge in [0.15, 0.2) is 5.65 Å². The van der Waals surface area contributed by atoms with E-state index in [1.807, 2.05) is 12.3 Å². The first-order valence-electron chi connectivity index (χ1n) is 9.81. The number of hydrogen-bond donors (Lipinski definition) is 1. The predicted octanol–water partition coefficient (Wildman–Crippen LogP) is 2.43. The third kappa shape index (κ3) is 3.06. The highest BCUT2D eigenvalue weighted by Crippen LogP contribution is 2.39. The molecule has 0 aliphatic carbocycles. The highest BCUT2D eigenvalue weighted by atomic mass is 19.1. The number of halogens is 1. The van der Waals surface area contributed by atoms with E-state index in [0.29, 0.717) is 42.4 Å². The third-order valence-corrected chi connectivity index (χ3v) is 5.47. The van der Waals surface area contributed by atoms with Gasteiger partial charge in [-0.1, -0.05) is 0 Å². The number of carbonyl (C=O) groups is 1. The van der Waals surface area contributed by atoms with E-state index in [4.69, 9.17) is 9.72 Å². The maximum absolute atomic E-state index is 14.0. The summed E-state index contributed by atoms with van der Waals surface area (Å²) in [5.41, 5.74) is 2.36. The standard InChI is InChI=1S/C20H21FN6O2/c1-12-17-18-24-16(5-8-27(18)25-12)26-7-2-4-15(26)14-10-13(21)11-23-20(14)29-9-3-6-22-19(17)28/h5,8,10-11,15H,2-4,6-7,9H2,1H3,(H,22,28). The van der Waals surface area contributed by atoms with Gasteiger partial charge in [-0.15, -0.1) is 0 Å². The zero-order chi connectivity index (χ0) is 20.0. The number of anilines is 1. The number of aryl methyl sites for hydroxylation is 1. The molecule has 3 aromatic heterocycles. The molecule has 0 spiro atoms.